The molecular weight excluding hydrogens is 294 g/mol. The number of nitrogens with zero attached hydrogens (tertiary/aromatic N) is 2. The van der Waals surface area contributed by atoms with Crippen molar-refractivity contribution in [2.75, 3.05) is 18.0 Å². The van der Waals surface area contributed by atoms with Crippen molar-refractivity contribution in [1.29, 1.82) is 0 Å². The predicted octanol–water partition coefficient (Wildman–Crippen LogP) is 3.43. The highest BCUT2D eigenvalue weighted by Gasteiger charge is 2.23. The number of fused-ring (bicyclic) bond motifs is 1. The Labute approximate surface area is 135 Å². The van der Waals surface area contributed by atoms with Crippen LogP contribution in [0.3, 0.4) is 0 Å². The largest absolute Gasteiger partial charge is 0.352 e. The number of anilines is 1. The molecule has 0 spiro atoms. The maximum atomic E-state index is 12.0. The molecule has 1 saturated heterocycles. The van der Waals surface area contributed by atoms with Crippen molar-refractivity contribution in [1.82, 2.24) is 10.3 Å². The first-order chi connectivity index (χ1) is 10.6. The van der Waals surface area contributed by atoms with Gasteiger partial charge in [0, 0.05) is 25.6 Å². The Morgan fingerprint density at radius 2 is 2.27 bits per heavy atom. The van der Waals surface area contributed by atoms with Crippen LogP contribution < -0.4 is 10.2 Å². The van der Waals surface area contributed by atoms with Gasteiger partial charge in [0.2, 0.25) is 5.91 Å². The lowest BCUT2D eigenvalue weighted by Crippen LogP contribution is -2.48. The third kappa shape index (κ3) is 3.58. The van der Waals surface area contributed by atoms with E-state index >= 15 is 0 Å². The summed E-state index contributed by atoms with van der Waals surface area (Å²) in [6.07, 6.45) is 2.77. The number of hydrogen-bond donors (Lipinski definition) is 1. The summed E-state index contributed by atoms with van der Waals surface area (Å²) in [5.74, 6) is 0.579. The highest BCUT2D eigenvalue weighted by Crippen LogP contribution is 2.30. The van der Waals surface area contributed by atoms with E-state index in [4.69, 9.17) is 4.98 Å². The van der Waals surface area contributed by atoms with E-state index < -0.39 is 0 Å². The Bertz CT molecular complexity index is 619. The molecule has 3 rings (SSSR count). The summed E-state index contributed by atoms with van der Waals surface area (Å²) in [6.45, 7) is 6.04. The number of amides is 1. The summed E-state index contributed by atoms with van der Waals surface area (Å²) in [5, 5.41) is 4.25. The molecule has 1 N–H and O–H groups in total. The maximum Gasteiger partial charge on any atom is 0.220 e. The van der Waals surface area contributed by atoms with E-state index in [1.807, 2.05) is 6.07 Å². The maximum absolute atomic E-state index is 12.0. The molecule has 1 fully saturated rings. The van der Waals surface area contributed by atoms with Crippen LogP contribution in [0, 0.1) is 5.92 Å². The van der Waals surface area contributed by atoms with Gasteiger partial charge in [-0.2, -0.15) is 0 Å². The molecule has 2 aromatic rings. The van der Waals surface area contributed by atoms with Crippen molar-refractivity contribution in [3.8, 4) is 0 Å². The zero-order chi connectivity index (χ0) is 15.5. The molecule has 1 aromatic carbocycles. The Morgan fingerprint density at radius 3 is 3.05 bits per heavy atom. The fourth-order valence-corrected chi connectivity index (χ4v) is 3.92. The molecule has 5 heteroatoms. The molecule has 1 atom stereocenters. The van der Waals surface area contributed by atoms with Gasteiger partial charge in [-0.15, -0.1) is 0 Å². The minimum absolute atomic E-state index is 0.172. The number of nitrogens with one attached hydrogen (secondary N) is 1. The lowest BCUT2D eigenvalue weighted by Gasteiger charge is -2.33. The summed E-state index contributed by atoms with van der Waals surface area (Å²) in [4.78, 5) is 19.0. The molecule has 0 aliphatic carbocycles. The van der Waals surface area contributed by atoms with Gasteiger partial charge in [0.25, 0.3) is 0 Å². The highest BCUT2D eigenvalue weighted by molar-refractivity contribution is 7.22. The van der Waals surface area contributed by atoms with Gasteiger partial charge in [-0.3, -0.25) is 4.79 Å². The molecule has 0 radical (unpaired) electrons. The van der Waals surface area contributed by atoms with Gasteiger partial charge in [0.05, 0.1) is 10.2 Å². The number of piperidine rings is 1. The van der Waals surface area contributed by atoms with Crippen LogP contribution in [0.4, 0.5) is 5.13 Å². The van der Waals surface area contributed by atoms with Crippen LogP contribution >= 0.6 is 11.3 Å². The van der Waals surface area contributed by atoms with Crippen molar-refractivity contribution in [2.24, 2.45) is 5.92 Å². The fourth-order valence-electron chi connectivity index (χ4n) is 2.92. The average molecular weight is 317 g/mol. The zero-order valence-corrected chi connectivity index (χ0v) is 14.0. The van der Waals surface area contributed by atoms with Crippen molar-refractivity contribution in [3.63, 3.8) is 0 Å². The van der Waals surface area contributed by atoms with E-state index in [2.05, 4.69) is 42.3 Å². The van der Waals surface area contributed by atoms with Crippen LogP contribution in [-0.2, 0) is 4.79 Å². The Balaban J connectivity index is 1.66. The minimum atomic E-state index is 0.172. The summed E-state index contributed by atoms with van der Waals surface area (Å²) in [5.41, 5.74) is 1.06. The normalized spacial score (nSPS) is 18.9. The van der Waals surface area contributed by atoms with E-state index in [0.29, 0.717) is 12.3 Å². The van der Waals surface area contributed by atoms with Gasteiger partial charge in [-0.1, -0.05) is 37.3 Å². The Morgan fingerprint density at radius 1 is 1.45 bits per heavy atom. The molecule has 1 aromatic heterocycles. The first-order valence-corrected chi connectivity index (χ1v) is 8.83. The van der Waals surface area contributed by atoms with Crippen molar-refractivity contribution < 1.29 is 4.79 Å². The van der Waals surface area contributed by atoms with Gasteiger partial charge in [0.15, 0.2) is 5.13 Å². The van der Waals surface area contributed by atoms with E-state index in [0.717, 1.165) is 36.6 Å². The Hall–Kier alpha value is -1.62. The predicted molar refractivity (Wildman–Crippen MR) is 92.5 cm³/mol. The first-order valence-electron chi connectivity index (χ1n) is 8.01. The monoisotopic (exact) mass is 317 g/mol. The molecule has 0 bridgehead atoms. The smallest absolute Gasteiger partial charge is 0.220 e. The van der Waals surface area contributed by atoms with Crippen LogP contribution in [0.25, 0.3) is 10.2 Å². The first kappa shape index (κ1) is 15.3. The molecule has 1 unspecified atom stereocenters. The molecule has 4 nitrogen and oxygen atoms in total. The molecule has 22 heavy (non-hydrogen) atoms. The van der Waals surface area contributed by atoms with Crippen molar-refractivity contribution in [3.05, 3.63) is 24.3 Å². The Kier molecular flexibility index (Phi) is 4.62. The van der Waals surface area contributed by atoms with Gasteiger partial charge in [0.1, 0.15) is 0 Å². The van der Waals surface area contributed by atoms with E-state index in [-0.39, 0.29) is 11.9 Å². The lowest BCUT2D eigenvalue weighted by molar-refractivity contribution is -0.122. The summed E-state index contributed by atoms with van der Waals surface area (Å²) < 4.78 is 1.23. The number of hydrogen-bond acceptors (Lipinski definition) is 4. The third-order valence-electron chi connectivity index (χ3n) is 3.93. The van der Waals surface area contributed by atoms with Gasteiger partial charge >= 0.3 is 0 Å². The number of carbonyl (C=O) groups is 1. The number of rotatable bonds is 4. The standard InChI is InChI=1S/C17H23N3OS/c1-12(2)10-16(21)18-13-6-5-9-20(11-13)17-19-14-7-3-4-8-15(14)22-17/h3-4,7-8,12-13H,5-6,9-11H2,1-2H3,(H,18,21). The summed E-state index contributed by atoms with van der Waals surface area (Å²) in [6, 6.07) is 8.49. The molecule has 2 heterocycles. The van der Waals surface area contributed by atoms with Crippen molar-refractivity contribution >= 4 is 32.6 Å². The van der Waals surface area contributed by atoms with Crippen LogP contribution in [-0.4, -0.2) is 30.0 Å². The number of para-hydroxylation sites is 1. The van der Waals surface area contributed by atoms with E-state index in [9.17, 15) is 4.79 Å². The summed E-state index contributed by atoms with van der Waals surface area (Å²) >= 11 is 1.74. The second-order valence-electron chi connectivity index (χ2n) is 6.41. The molecule has 0 saturated carbocycles. The SMILES string of the molecule is CC(C)CC(=O)NC1CCCN(c2nc3ccccc3s2)C1. The van der Waals surface area contributed by atoms with E-state index in [1.54, 1.807) is 11.3 Å². The molecule has 1 aliphatic rings. The van der Waals surface area contributed by atoms with Gasteiger partial charge in [-0.05, 0) is 30.9 Å². The van der Waals surface area contributed by atoms with Crippen molar-refractivity contribution in [2.45, 2.75) is 39.2 Å². The number of carbonyl (C=O) groups excluding carboxylic acids is 1. The highest BCUT2D eigenvalue weighted by atomic mass is 32.1. The van der Waals surface area contributed by atoms with Gasteiger partial charge < -0.3 is 10.2 Å². The number of thiazole rings is 1. The topological polar surface area (TPSA) is 45.2 Å². The molecule has 118 valence electrons. The van der Waals surface area contributed by atoms with Crippen LogP contribution in [0.1, 0.15) is 33.1 Å². The van der Waals surface area contributed by atoms with Crippen LogP contribution in [0.5, 0.6) is 0 Å². The van der Waals surface area contributed by atoms with Crippen LogP contribution in [0.15, 0.2) is 24.3 Å². The zero-order valence-electron chi connectivity index (χ0n) is 13.2. The second kappa shape index (κ2) is 6.65. The quantitative estimate of drug-likeness (QED) is 0.939. The van der Waals surface area contributed by atoms with E-state index in [1.165, 1.54) is 4.70 Å². The third-order valence-corrected chi connectivity index (χ3v) is 5.03. The lowest BCUT2D eigenvalue weighted by atomic mass is 10.0. The number of benzene rings is 1. The molecule has 1 amide bonds. The number of aromatic nitrogens is 1. The fraction of sp³-hybridized carbons (Fsp3) is 0.529. The molecule has 1 aliphatic heterocycles. The van der Waals surface area contributed by atoms with Gasteiger partial charge in [-0.25, -0.2) is 4.98 Å². The van der Waals surface area contributed by atoms with Crippen LogP contribution in [0.2, 0.25) is 0 Å². The summed E-state index contributed by atoms with van der Waals surface area (Å²) in [7, 11) is 0. The molecular formula is C17H23N3OS. The average Bonchev–Trinajstić information content (AvgIpc) is 2.90. The second-order valence-corrected chi connectivity index (χ2v) is 7.42. The minimum Gasteiger partial charge on any atom is -0.352 e.